The van der Waals surface area contributed by atoms with Crippen molar-refractivity contribution in [2.24, 2.45) is 15.0 Å². The third-order valence-corrected chi connectivity index (χ3v) is 30.3. The minimum Gasteiger partial charge on any atom is -0.480 e. The summed E-state index contributed by atoms with van der Waals surface area (Å²) in [4.78, 5) is 167. The summed E-state index contributed by atoms with van der Waals surface area (Å²) in [5, 5.41) is 47.1. The Morgan fingerprint density at radius 2 is 0.667 bits per heavy atom. The van der Waals surface area contributed by atoms with E-state index in [4.69, 9.17) is 64.0 Å². The molecule has 3 aromatic carbocycles. The van der Waals surface area contributed by atoms with Crippen LogP contribution >= 0.6 is 68.8 Å². The number of hydrogen-bond donors (Lipinski definition) is 6. The van der Waals surface area contributed by atoms with Crippen molar-refractivity contribution in [2.45, 2.75) is 151 Å². The molecule has 18 rings (SSSR count). The van der Waals surface area contributed by atoms with E-state index in [9.17, 15) is 71.6 Å². The summed E-state index contributed by atoms with van der Waals surface area (Å²) in [6, 6.07) is 6.72. The van der Waals surface area contributed by atoms with Gasteiger partial charge in [-0.1, -0.05) is 53.0 Å². The van der Waals surface area contributed by atoms with Crippen molar-refractivity contribution in [2.75, 3.05) is 139 Å². The number of amides is 6. The number of carboxylic acid groups (broad SMARTS) is 3. The highest BCUT2D eigenvalue weighted by molar-refractivity contribution is 7.12. The van der Waals surface area contributed by atoms with Crippen molar-refractivity contribution in [3.63, 3.8) is 0 Å². The highest BCUT2D eigenvalue weighted by Crippen LogP contribution is 2.44. The number of esters is 3. The number of hydrogen-bond acceptors (Lipinski definition) is 30. The van der Waals surface area contributed by atoms with Gasteiger partial charge in [-0.05, 0) is 97.2 Å². The SMILES string of the molecule is COC(=O)C1=C(CN2CCN3C(=O)N([C@@H]4C[C@@H](C(=O)O)N(C(C)C)C4)C[C@@H]3C2)NC(c2nccs2)=N[C@H]1c1ccc(F)cc1Cl.COC(=O)C1=C(CN2CCN3C(=O)N([C@H]4C[C@@H](C(=O)O)N(C(C)C)C4)C[C@@H]3C2)NC(c2nccs2)=N[C@H]1c1ccc(F)cc1Cl.COC(=O)C1=C(CN2CCN3C(=O)N([C@H]4C[C@H](C(=O)O)N(C(C)C)C4)C[C@@H]3C2)NC(c2nccs2)=N[C@H]1c1ccc(F)cc1Cl. The Hall–Kier alpha value is -10.8. The summed E-state index contributed by atoms with van der Waals surface area (Å²) in [6.07, 6.45) is 6.18. The molecule has 0 unspecified atom stereocenters. The number of aliphatic imine (C=N–C) groups is 3. The van der Waals surface area contributed by atoms with Gasteiger partial charge >= 0.3 is 53.9 Å². The number of carbonyl (C=O) groups excluding carboxylic acids is 6. The van der Waals surface area contributed by atoms with Gasteiger partial charge in [-0.2, -0.15) is 0 Å². The number of methoxy groups -OCH3 is 3. The van der Waals surface area contributed by atoms with Crippen LogP contribution in [0.3, 0.4) is 0 Å². The Labute approximate surface area is 803 Å². The highest BCUT2D eigenvalue weighted by atomic mass is 35.5. The number of ether oxygens (including phenoxy) is 3. The first-order valence-corrected chi connectivity index (χ1v) is 48.3. The van der Waals surface area contributed by atoms with Gasteiger partial charge in [-0.25, -0.2) is 56.9 Å². The van der Waals surface area contributed by atoms with Crippen molar-refractivity contribution < 1.29 is 85.9 Å². The number of thiazole rings is 3. The van der Waals surface area contributed by atoms with Crippen LogP contribution in [0.5, 0.6) is 0 Å². The van der Waals surface area contributed by atoms with Crippen LogP contribution < -0.4 is 16.0 Å². The predicted molar refractivity (Wildman–Crippen MR) is 497 cm³/mol. The second kappa shape index (κ2) is 41.3. The van der Waals surface area contributed by atoms with Crippen molar-refractivity contribution in [1.82, 2.24) is 89.7 Å². The predicted octanol–water partition coefficient (Wildman–Crippen LogP) is 8.43. The molecule has 6 N–H and O–H groups in total. The van der Waals surface area contributed by atoms with Gasteiger partial charge in [0.15, 0.2) is 32.5 Å². The van der Waals surface area contributed by atoms with Crippen LogP contribution in [0, 0.1) is 17.5 Å². The number of amidine groups is 3. The number of carbonyl (C=O) groups is 9. The molecule has 135 heavy (non-hydrogen) atoms. The summed E-state index contributed by atoms with van der Waals surface area (Å²) in [6.45, 7) is 20.7. The number of piperazine rings is 3. The number of likely N-dealkylation sites (tertiary alicyclic amines) is 3. The zero-order valence-corrected chi connectivity index (χ0v) is 80.2. The van der Waals surface area contributed by atoms with Crippen LogP contribution in [0.4, 0.5) is 27.6 Å². The van der Waals surface area contributed by atoms with E-state index in [1.165, 1.54) is 110 Å². The van der Waals surface area contributed by atoms with Gasteiger partial charge in [0.05, 0.1) is 56.2 Å². The van der Waals surface area contributed by atoms with Crippen LogP contribution in [-0.2, 0) is 43.0 Å². The van der Waals surface area contributed by atoms with E-state index in [1.54, 1.807) is 18.6 Å². The first-order chi connectivity index (χ1) is 64.6. The molecular formula is C90H105Cl3F3N21O15S3. The highest BCUT2D eigenvalue weighted by Gasteiger charge is 2.54. The zero-order valence-electron chi connectivity index (χ0n) is 75.5. The molecule has 6 amide bonds. The smallest absolute Gasteiger partial charge is 0.338 e. The molecule has 0 aliphatic carbocycles. The Kier molecular flexibility index (Phi) is 29.7. The number of benzene rings is 3. The minimum atomic E-state index is -0.864. The van der Waals surface area contributed by atoms with Gasteiger partial charge in [0.2, 0.25) is 0 Å². The van der Waals surface area contributed by atoms with E-state index in [-0.39, 0.29) is 104 Å². The summed E-state index contributed by atoms with van der Waals surface area (Å²) in [7, 11) is 3.89. The number of aliphatic carboxylic acids is 3. The standard InChI is InChI=1S/3C30H35ClFN7O5S/c3*1-16(2)38-13-18(11-23(38)28(40)41)39-14-19-12-36(7-8-37(19)30(39)43)15-22-24(29(42)44-3)25(20-5-4-17(32)10-21(20)31)35-26(34-22)27-33-6-9-45-27/h3*4-6,9-10,16,18-19,23,25H,7-8,11-15H2,1-3H3,(H,34,35)(H,40,41)/t18-,19+,23+,25+;18-,19-,23+,25-;18-,19-,23-,25-/m100/s1. The number of urea groups is 3. The van der Waals surface area contributed by atoms with E-state index in [0.29, 0.717) is 203 Å². The Bertz CT molecular complexity index is 5200. The lowest BCUT2D eigenvalue weighted by Crippen LogP contribution is -2.53. The number of nitrogens with one attached hydrogen (secondary N) is 3. The first-order valence-electron chi connectivity index (χ1n) is 44.5. The van der Waals surface area contributed by atoms with Crippen molar-refractivity contribution in [1.29, 1.82) is 0 Å². The second-order valence-corrected chi connectivity index (χ2v) is 39.7. The molecule has 15 heterocycles. The molecule has 12 aliphatic rings. The molecular weight excluding hydrogens is 1870 g/mol. The van der Waals surface area contributed by atoms with Gasteiger partial charge in [0, 0.05) is 238 Å². The van der Waals surface area contributed by atoms with Crippen LogP contribution in [0.25, 0.3) is 0 Å². The maximum Gasteiger partial charge on any atom is 0.338 e. The molecule has 0 saturated carbocycles. The van der Waals surface area contributed by atoms with E-state index >= 15 is 0 Å². The molecule has 0 spiro atoms. The van der Waals surface area contributed by atoms with Gasteiger partial charge in [0.1, 0.15) is 53.7 Å². The van der Waals surface area contributed by atoms with E-state index < -0.39 is 89.5 Å². The van der Waals surface area contributed by atoms with E-state index in [1.807, 2.05) is 102 Å². The van der Waals surface area contributed by atoms with Gasteiger partial charge in [-0.15, -0.1) is 34.0 Å². The van der Waals surface area contributed by atoms with Crippen molar-refractivity contribution in [3.8, 4) is 0 Å². The minimum absolute atomic E-state index is 0.0542. The normalized spacial score (nSPS) is 25.9. The number of rotatable bonds is 24. The molecule has 3 aromatic heterocycles. The van der Waals surface area contributed by atoms with Crippen molar-refractivity contribution >= 4 is 140 Å². The zero-order chi connectivity index (χ0) is 96.0. The Morgan fingerprint density at radius 1 is 0.400 bits per heavy atom. The van der Waals surface area contributed by atoms with Crippen LogP contribution in [0.15, 0.2) is 138 Å². The van der Waals surface area contributed by atoms with Gasteiger partial charge < -0.3 is 74.9 Å². The Balaban J connectivity index is 0.000000147. The fourth-order valence-electron chi connectivity index (χ4n) is 20.4. The molecule has 0 radical (unpaired) electrons. The van der Waals surface area contributed by atoms with Gasteiger partial charge in [-0.3, -0.25) is 58.8 Å². The van der Waals surface area contributed by atoms with E-state index in [0.717, 1.165) is 0 Å². The number of halogens is 6. The number of nitrogens with zero attached hydrogens (tertiary/aromatic N) is 18. The topological polar surface area (TPSA) is 393 Å². The Morgan fingerprint density at radius 3 is 0.881 bits per heavy atom. The summed E-state index contributed by atoms with van der Waals surface area (Å²) < 4.78 is 57.5. The first kappa shape index (κ1) is 97.3. The maximum atomic E-state index is 14.0. The monoisotopic (exact) mass is 1980 g/mol. The molecule has 36 nitrogen and oxygen atoms in total. The molecule has 45 heteroatoms. The van der Waals surface area contributed by atoms with Crippen LogP contribution in [0.1, 0.15) is 111 Å². The molecule has 720 valence electrons. The second-order valence-electron chi connectivity index (χ2n) is 35.8. The average Bonchev–Trinajstić information content (AvgIpc) is 1.70. The number of carboxylic acids is 3. The molecule has 0 bridgehead atoms. The summed E-state index contributed by atoms with van der Waals surface area (Å²) in [5.41, 5.74) is 3.85. The summed E-state index contributed by atoms with van der Waals surface area (Å²) >= 11 is 23.6. The van der Waals surface area contributed by atoms with Crippen LogP contribution in [0.2, 0.25) is 15.1 Å². The molecule has 9 fully saturated rings. The maximum absolute atomic E-state index is 14.0. The fraction of sp³-hybridized carbons (Fsp3) is 0.500. The third kappa shape index (κ3) is 20.4. The quantitative estimate of drug-likeness (QED) is 0.0244. The molecule has 12 aliphatic heterocycles. The third-order valence-electron chi connectivity index (χ3n) is 26.9. The molecule has 12 atom stereocenters. The van der Waals surface area contributed by atoms with Gasteiger partial charge in [0.25, 0.3) is 0 Å². The summed E-state index contributed by atoms with van der Waals surface area (Å²) in [5.74, 6) is -4.48. The lowest BCUT2D eigenvalue weighted by Gasteiger charge is -2.38. The van der Waals surface area contributed by atoms with Crippen LogP contribution in [-0.4, -0.2) is 372 Å². The largest absolute Gasteiger partial charge is 0.480 e. The number of aromatic nitrogens is 3. The fourth-order valence-corrected chi connectivity index (χ4v) is 23.0. The molecule has 6 aromatic rings. The lowest BCUT2D eigenvalue weighted by atomic mass is 9.95. The number of fused-ring (bicyclic) bond motifs is 3. The average molecular weight is 1980 g/mol. The van der Waals surface area contributed by atoms with E-state index in [2.05, 4.69) is 45.6 Å². The lowest BCUT2D eigenvalue weighted by molar-refractivity contribution is -0.143. The van der Waals surface area contributed by atoms with Crippen molar-refractivity contribution in [3.05, 3.63) is 187 Å². The molecule has 9 saturated heterocycles.